The number of carbonyl (C=O) groups excluding carboxylic acids is 1. The zero-order valence-electron chi connectivity index (χ0n) is 20.2. The summed E-state index contributed by atoms with van der Waals surface area (Å²) in [7, 11) is 7.24. The molecule has 2 rings (SSSR count). The molecule has 31 heavy (non-hydrogen) atoms. The Bertz CT molecular complexity index is 714. The van der Waals surface area contributed by atoms with Crippen LogP contribution in [0.3, 0.4) is 0 Å². The molecule has 0 radical (unpaired) electrons. The minimum Gasteiger partial charge on any atom is -0.323 e. The van der Waals surface area contributed by atoms with Crippen LogP contribution < -0.4 is 5.32 Å². The molecule has 0 fully saturated rings. The first kappa shape index (κ1) is 31.4. The third kappa shape index (κ3) is 19.9. The van der Waals surface area contributed by atoms with E-state index in [1.165, 1.54) is 17.6 Å². The average molecular weight is 460 g/mol. The van der Waals surface area contributed by atoms with Gasteiger partial charge >= 0.3 is 0 Å². The molecule has 0 heterocycles. The molecule has 0 aliphatic carbocycles. The predicted molar refractivity (Wildman–Crippen MR) is 145 cm³/mol. The fourth-order valence-electron chi connectivity index (χ4n) is 2.13. The molecule has 0 saturated carbocycles. The lowest BCUT2D eigenvalue weighted by atomic mass is 10.1. The molecule has 0 aliphatic rings. The Balaban J connectivity index is 0. The van der Waals surface area contributed by atoms with Gasteiger partial charge in [0.2, 0.25) is 0 Å². The number of nitrogens with one attached hydrogen (secondary N) is 1. The number of carbonyl (C=O) groups is 1. The van der Waals surface area contributed by atoms with Gasteiger partial charge in [-0.1, -0.05) is 107 Å². The Kier molecular flexibility index (Phi) is 23.2. The van der Waals surface area contributed by atoms with Crippen molar-refractivity contribution in [3.63, 3.8) is 0 Å². The molecule has 2 aromatic carbocycles. The first-order chi connectivity index (χ1) is 14.9. The summed E-state index contributed by atoms with van der Waals surface area (Å²) in [6, 6.07) is 18.0. The van der Waals surface area contributed by atoms with E-state index in [2.05, 4.69) is 44.5 Å². The lowest BCUT2D eigenvalue weighted by Crippen LogP contribution is -1.93. The molecule has 0 unspecified atom stereocenters. The number of Topliss-reactive ketones (excluding diaryl/α,β-unsaturated/α-hetero) is 1. The number of aryl methyl sites for hydroxylation is 1. The van der Waals surface area contributed by atoms with Gasteiger partial charge in [0.05, 0.1) is 0 Å². The van der Waals surface area contributed by atoms with Gasteiger partial charge in [-0.05, 0) is 53.8 Å². The maximum Gasteiger partial charge on any atom is 0.160 e. The Morgan fingerprint density at radius 1 is 1.03 bits per heavy atom. The van der Waals surface area contributed by atoms with E-state index in [4.69, 9.17) is 0 Å². The van der Waals surface area contributed by atoms with Crippen molar-refractivity contribution in [1.82, 2.24) is 5.32 Å². The minimum atomic E-state index is 0.133. The van der Waals surface area contributed by atoms with Crippen LogP contribution in [-0.4, -0.2) is 25.6 Å². The summed E-state index contributed by atoms with van der Waals surface area (Å²) in [6.45, 7) is 15.2. The largest absolute Gasteiger partial charge is 0.323 e. The van der Waals surface area contributed by atoms with Gasteiger partial charge in [0.25, 0.3) is 0 Å². The van der Waals surface area contributed by atoms with Crippen molar-refractivity contribution >= 4 is 27.4 Å². The topological polar surface area (TPSA) is 29.1 Å². The van der Waals surface area contributed by atoms with E-state index in [1.54, 1.807) is 34.6 Å². The van der Waals surface area contributed by atoms with E-state index >= 15 is 0 Å². The first-order valence-electron chi connectivity index (χ1n) is 10.6. The molecule has 1 N–H and O–H groups in total. The smallest absolute Gasteiger partial charge is 0.160 e. The van der Waals surface area contributed by atoms with Crippen molar-refractivity contribution in [1.29, 1.82) is 0 Å². The zero-order chi connectivity index (χ0) is 23.9. The van der Waals surface area contributed by atoms with Gasteiger partial charge in [-0.15, -0.1) is 6.58 Å². The molecule has 2 nitrogen and oxygen atoms in total. The second-order valence-corrected chi connectivity index (χ2v) is 9.23. The van der Waals surface area contributed by atoms with Crippen LogP contribution in [-0.2, 0) is 0 Å². The maximum absolute atomic E-state index is 11.5. The summed E-state index contributed by atoms with van der Waals surface area (Å²) >= 11 is 0. The van der Waals surface area contributed by atoms with Crippen molar-refractivity contribution < 1.29 is 4.79 Å². The highest BCUT2D eigenvalue weighted by Gasteiger charge is 2.06. The summed E-state index contributed by atoms with van der Waals surface area (Å²) in [5.74, 6) is 1.18. The monoisotopic (exact) mass is 459 g/mol. The molecule has 4 heteroatoms. The number of rotatable bonds is 8. The average Bonchev–Trinajstić information content (AvgIpc) is 2.74. The molecule has 0 atom stereocenters. The Hall–Kier alpha value is -1.75. The molecule has 172 valence electrons. The van der Waals surface area contributed by atoms with Crippen LogP contribution in [0.25, 0.3) is 0 Å². The minimum absolute atomic E-state index is 0.133. The van der Waals surface area contributed by atoms with Crippen molar-refractivity contribution in [2.45, 2.75) is 51.9 Å². The Morgan fingerprint density at radius 3 is 2.00 bits per heavy atom. The normalized spacial score (nSPS) is 8.97. The van der Waals surface area contributed by atoms with E-state index in [9.17, 15) is 4.79 Å². The van der Waals surface area contributed by atoms with Gasteiger partial charge in [0.15, 0.2) is 5.78 Å². The van der Waals surface area contributed by atoms with Crippen LogP contribution in [0.2, 0.25) is 0 Å². The van der Waals surface area contributed by atoms with E-state index < -0.39 is 0 Å². The summed E-state index contributed by atoms with van der Waals surface area (Å²) in [5, 5.41) is 2.75. The highest BCUT2D eigenvalue weighted by Crippen LogP contribution is 2.34. The third-order valence-electron chi connectivity index (χ3n) is 3.50. The molecule has 2 aromatic rings. The molecule has 0 aliphatic heterocycles. The van der Waals surface area contributed by atoms with Crippen molar-refractivity contribution in [3.8, 4) is 0 Å². The zero-order valence-corrected chi connectivity index (χ0v) is 21.9. The van der Waals surface area contributed by atoms with Crippen molar-refractivity contribution in [3.05, 3.63) is 90.5 Å². The van der Waals surface area contributed by atoms with Gasteiger partial charge in [-0.2, -0.15) is 0 Å². The molecular weight excluding hydrogens is 418 g/mol. The molecule has 0 amide bonds. The highest BCUT2D eigenvalue weighted by atomic mass is 33.1. The quantitative estimate of drug-likeness (QED) is 0.186. The Labute approximate surface area is 199 Å². The van der Waals surface area contributed by atoms with Crippen LogP contribution in [0.1, 0.15) is 56.0 Å². The number of ketones is 1. The molecule has 0 bridgehead atoms. The van der Waals surface area contributed by atoms with Gasteiger partial charge in [0, 0.05) is 16.2 Å². The van der Waals surface area contributed by atoms with Crippen LogP contribution in [0.4, 0.5) is 0 Å². The van der Waals surface area contributed by atoms with Gasteiger partial charge in [-0.3, -0.25) is 4.79 Å². The molecule has 0 saturated heterocycles. The number of hydrogen-bond donors (Lipinski definition) is 1. The SMILES string of the molecule is C=C(CCC)CCSSc1ccccc1C(C)=O.C=CC.CNC.Cc1ccccc1. The van der Waals surface area contributed by atoms with Crippen molar-refractivity contribution in [2.75, 3.05) is 19.8 Å². The lowest BCUT2D eigenvalue weighted by molar-refractivity contribution is 0.101. The Morgan fingerprint density at radius 2 is 1.55 bits per heavy atom. The van der Waals surface area contributed by atoms with E-state index in [1.807, 2.05) is 63.5 Å². The molecular formula is C27H41NOS2. The molecule has 0 aromatic heterocycles. The van der Waals surface area contributed by atoms with Gasteiger partial charge in [0.1, 0.15) is 0 Å². The van der Waals surface area contributed by atoms with Crippen LogP contribution in [0, 0.1) is 6.92 Å². The lowest BCUT2D eigenvalue weighted by Gasteiger charge is -2.06. The van der Waals surface area contributed by atoms with Crippen molar-refractivity contribution in [2.24, 2.45) is 0 Å². The fourth-order valence-corrected chi connectivity index (χ4v) is 4.47. The number of hydrogen-bond acceptors (Lipinski definition) is 4. The van der Waals surface area contributed by atoms with E-state index in [-0.39, 0.29) is 5.78 Å². The van der Waals surface area contributed by atoms with E-state index in [0.717, 1.165) is 29.1 Å². The molecule has 0 spiro atoms. The number of allylic oxidation sites excluding steroid dienone is 2. The summed E-state index contributed by atoms with van der Waals surface area (Å²) < 4.78 is 0. The van der Waals surface area contributed by atoms with Gasteiger partial charge in [-0.25, -0.2) is 0 Å². The first-order valence-corrected chi connectivity index (χ1v) is 12.9. The predicted octanol–water partition coefficient (Wildman–Crippen LogP) is 8.40. The second kappa shape index (κ2) is 22.9. The summed E-state index contributed by atoms with van der Waals surface area (Å²) in [4.78, 5) is 12.5. The standard InChI is InChI=1S/C15H20OS2.C7H8.C3H6.C2H7N/c1-4-7-12(2)10-11-17-18-15-9-6-5-8-14(15)13(3)16;1-7-5-3-2-4-6-7;2*1-3-2/h5-6,8-9H,2,4,7,10-11H2,1,3H3;2-6H,1H3;3H,1H2,2H3;3H,1-2H3. The maximum atomic E-state index is 11.5. The third-order valence-corrected chi connectivity index (χ3v) is 5.91. The number of benzene rings is 2. The highest BCUT2D eigenvalue weighted by molar-refractivity contribution is 8.76. The van der Waals surface area contributed by atoms with Crippen LogP contribution in [0.5, 0.6) is 0 Å². The fraction of sp³-hybridized carbons (Fsp3) is 0.370. The van der Waals surface area contributed by atoms with Gasteiger partial charge < -0.3 is 5.32 Å². The van der Waals surface area contributed by atoms with E-state index in [0.29, 0.717) is 0 Å². The summed E-state index contributed by atoms with van der Waals surface area (Å²) in [5.41, 5.74) is 3.47. The van der Waals surface area contributed by atoms with Crippen LogP contribution in [0.15, 0.2) is 84.3 Å². The summed E-state index contributed by atoms with van der Waals surface area (Å²) in [6.07, 6.45) is 5.10. The van der Waals surface area contributed by atoms with Crippen LogP contribution >= 0.6 is 21.6 Å². The second-order valence-electron chi connectivity index (χ2n) is 6.77.